The van der Waals surface area contributed by atoms with Crippen molar-refractivity contribution in [1.82, 2.24) is 0 Å². The highest BCUT2D eigenvalue weighted by molar-refractivity contribution is 9.10. The minimum Gasteiger partial charge on any atom is -0.383 e. The molecule has 0 aliphatic heterocycles. The molecule has 0 amide bonds. The van der Waals surface area contributed by atoms with Crippen LogP contribution in [-0.2, 0) is 9.47 Å². The lowest BCUT2D eigenvalue weighted by Crippen LogP contribution is -2.26. The molecule has 0 bridgehead atoms. The van der Waals surface area contributed by atoms with Crippen LogP contribution >= 0.6 is 15.9 Å². The molecule has 3 nitrogen and oxygen atoms in total. The lowest BCUT2D eigenvalue weighted by molar-refractivity contribution is -0.192. The highest BCUT2D eigenvalue weighted by Crippen LogP contribution is 2.26. The van der Waals surface area contributed by atoms with Crippen LogP contribution in [0.25, 0.3) is 0 Å². The molecule has 1 atom stereocenters. The van der Waals surface area contributed by atoms with Crippen LogP contribution in [0.15, 0.2) is 22.7 Å². The molecule has 96 valence electrons. The molecule has 1 unspecified atom stereocenters. The van der Waals surface area contributed by atoms with Crippen LogP contribution in [0.1, 0.15) is 25.5 Å². The van der Waals surface area contributed by atoms with Gasteiger partial charge in [-0.25, -0.2) is 4.39 Å². The molecule has 0 spiro atoms. The molecule has 0 saturated carbocycles. The van der Waals surface area contributed by atoms with E-state index < -0.39 is 18.2 Å². The van der Waals surface area contributed by atoms with Crippen LogP contribution < -0.4 is 0 Å². The highest BCUT2D eigenvalue weighted by Gasteiger charge is 2.24. The van der Waals surface area contributed by atoms with E-state index in [1.54, 1.807) is 19.9 Å². The Balaban J connectivity index is 2.91. The Hall–Kier alpha value is -0.490. The molecule has 0 saturated heterocycles. The van der Waals surface area contributed by atoms with Gasteiger partial charge in [0.1, 0.15) is 11.9 Å². The van der Waals surface area contributed by atoms with Crippen molar-refractivity contribution >= 4 is 15.9 Å². The van der Waals surface area contributed by atoms with Crippen molar-refractivity contribution in [2.75, 3.05) is 13.2 Å². The minimum absolute atomic E-state index is 0.159. The van der Waals surface area contributed by atoms with Gasteiger partial charge in [-0.2, -0.15) is 0 Å². The van der Waals surface area contributed by atoms with Crippen molar-refractivity contribution in [3.05, 3.63) is 34.1 Å². The second kappa shape index (κ2) is 7.06. The minimum atomic E-state index is -1.15. The molecule has 1 N–H and O–H groups in total. The van der Waals surface area contributed by atoms with Crippen LogP contribution in [-0.4, -0.2) is 24.6 Å². The molecule has 0 radical (unpaired) electrons. The quantitative estimate of drug-likeness (QED) is 0.821. The maximum absolute atomic E-state index is 13.6. The molecule has 0 aromatic heterocycles. The van der Waals surface area contributed by atoms with E-state index in [1.807, 2.05) is 0 Å². The van der Waals surface area contributed by atoms with Gasteiger partial charge in [0.05, 0.1) is 0 Å². The zero-order chi connectivity index (χ0) is 12.8. The Morgan fingerprint density at radius 2 is 1.88 bits per heavy atom. The smallest absolute Gasteiger partial charge is 0.187 e. The number of ether oxygens (including phenoxy) is 2. The van der Waals surface area contributed by atoms with E-state index in [1.165, 1.54) is 12.1 Å². The molecule has 1 aromatic carbocycles. The first kappa shape index (κ1) is 14.6. The van der Waals surface area contributed by atoms with Crippen molar-refractivity contribution in [3.8, 4) is 0 Å². The first-order valence-corrected chi connectivity index (χ1v) is 6.25. The third-order valence-corrected chi connectivity index (χ3v) is 2.69. The summed E-state index contributed by atoms with van der Waals surface area (Å²) in [5.41, 5.74) is 0.159. The average Bonchev–Trinajstić information content (AvgIpc) is 2.31. The van der Waals surface area contributed by atoms with Gasteiger partial charge >= 0.3 is 0 Å². The van der Waals surface area contributed by atoms with Crippen LogP contribution in [0.4, 0.5) is 4.39 Å². The van der Waals surface area contributed by atoms with Gasteiger partial charge in [0, 0.05) is 23.2 Å². The van der Waals surface area contributed by atoms with E-state index >= 15 is 0 Å². The SMILES string of the molecule is CCOC(OCC)C(O)c1cc(Br)ccc1F. The van der Waals surface area contributed by atoms with Crippen molar-refractivity contribution in [2.24, 2.45) is 0 Å². The number of rotatable bonds is 6. The fraction of sp³-hybridized carbons (Fsp3) is 0.500. The van der Waals surface area contributed by atoms with Crippen molar-refractivity contribution in [2.45, 2.75) is 26.2 Å². The summed E-state index contributed by atoms with van der Waals surface area (Å²) in [5, 5.41) is 10.0. The van der Waals surface area contributed by atoms with Crippen LogP contribution in [0, 0.1) is 5.82 Å². The molecule has 1 rings (SSSR count). The van der Waals surface area contributed by atoms with Crippen LogP contribution in [0.3, 0.4) is 0 Å². The normalized spacial score (nSPS) is 13.1. The molecule has 1 aromatic rings. The predicted molar refractivity (Wildman–Crippen MR) is 66.1 cm³/mol. The van der Waals surface area contributed by atoms with Gasteiger partial charge in [-0.05, 0) is 32.0 Å². The fourth-order valence-electron chi connectivity index (χ4n) is 1.45. The summed E-state index contributed by atoms with van der Waals surface area (Å²) in [6.07, 6.45) is -2.00. The number of aliphatic hydroxyl groups is 1. The topological polar surface area (TPSA) is 38.7 Å². The molecule has 0 aliphatic carbocycles. The average molecular weight is 307 g/mol. The Morgan fingerprint density at radius 3 is 2.41 bits per heavy atom. The summed E-state index contributed by atoms with van der Waals surface area (Å²) in [6, 6.07) is 4.38. The summed E-state index contributed by atoms with van der Waals surface area (Å²) >= 11 is 3.23. The molecule has 17 heavy (non-hydrogen) atoms. The Labute approximate surface area is 109 Å². The third-order valence-electron chi connectivity index (χ3n) is 2.20. The summed E-state index contributed by atoms with van der Waals surface area (Å²) < 4.78 is 24.7. The van der Waals surface area contributed by atoms with Gasteiger partial charge in [0.25, 0.3) is 0 Å². The number of halogens is 2. The van der Waals surface area contributed by atoms with Gasteiger partial charge < -0.3 is 14.6 Å². The predicted octanol–water partition coefficient (Wildman–Crippen LogP) is 3.02. The first-order valence-electron chi connectivity index (χ1n) is 5.46. The summed E-state index contributed by atoms with van der Waals surface area (Å²) in [6.45, 7) is 4.35. The Kier molecular flexibility index (Phi) is 6.05. The largest absolute Gasteiger partial charge is 0.383 e. The maximum Gasteiger partial charge on any atom is 0.187 e. The van der Waals surface area contributed by atoms with Crippen molar-refractivity contribution < 1.29 is 19.0 Å². The summed E-state index contributed by atoms with van der Waals surface area (Å²) in [7, 11) is 0. The lowest BCUT2D eigenvalue weighted by atomic mass is 10.1. The third kappa shape index (κ3) is 4.03. The van der Waals surface area contributed by atoms with E-state index in [9.17, 15) is 9.50 Å². The van der Waals surface area contributed by atoms with Crippen molar-refractivity contribution in [3.63, 3.8) is 0 Å². The monoisotopic (exact) mass is 306 g/mol. The van der Waals surface area contributed by atoms with Crippen molar-refractivity contribution in [1.29, 1.82) is 0 Å². The van der Waals surface area contributed by atoms with E-state index in [4.69, 9.17) is 9.47 Å². The molecule has 5 heteroatoms. The first-order chi connectivity index (χ1) is 8.10. The zero-order valence-corrected chi connectivity index (χ0v) is 11.4. The Bertz CT molecular complexity index is 354. The molecule has 0 aliphatic rings. The number of aliphatic hydroxyl groups excluding tert-OH is 1. The van der Waals surface area contributed by atoms with Gasteiger partial charge in [-0.3, -0.25) is 0 Å². The zero-order valence-electron chi connectivity index (χ0n) is 9.82. The summed E-state index contributed by atoms with van der Waals surface area (Å²) in [4.78, 5) is 0. The van der Waals surface area contributed by atoms with Gasteiger partial charge in [-0.1, -0.05) is 15.9 Å². The molecular formula is C12H16BrFO3. The fourth-order valence-corrected chi connectivity index (χ4v) is 1.83. The van der Waals surface area contributed by atoms with Crippen LogP contribution in [0.5, 0.6) is 0 Å². The van der Waals surface area contributed by atoms with E-state index in [2.05, 4.69) is 15.9 Å². The van der Waals surface area contributed by atoms with E-state index in [-0.39, 0.29) is 5.56 Å². The molecule has 0 fully saturated rings. The van der Waals surface area contributed by atoms with Gasteiger partial charge in [0.2, 0.25) is 0 Å². The molecule has 0 heterocycles. The van der Waals surface area contributed by atoms with Crippen LogP contribution in [0.2, 0.25) is 0 Å². The van der Waals surface area contributed by atoms with E-state index in [0.717, 1.165) is 0 Å². The summed E-state index contributed by atoms with van der Waals surface area (Å²) in [5.74, 6) is -0.481. The van der Waals surface area contributed by atoms with Gasteiger partial charge in [0.15, 0.2) is 6.29 Å². The second-order valence-electron chi connectivity index (χ2n) is 3.39. The molecular weight excluding hydrogens is 291 g/mol. The number of hydrogen-bond donors (Lipinski definition) is 1. The lowest BCUT2D eigenvalue weighted by Gasteiger charge is -2.23. The number of benzene rings is 1. The second-order valence-corrected chi connectivity index (χ2v) is 4.31. The standard InChI is InChI=1S/C12H16BrFO3/c1-3-16-12(17-4-2)11(15)9-7-8(13)5-6-10(9)14/h5-7,11-12,15H,3-4H2,1-2H3. The van der Waals surface area contributed by atoms with E-state index in [0.29, 0.717) is 17.7 Å². The Morgan fingerprint density at radius 1 is 1.29 bits per heavy atom. The maximum atomic E-state index is 13.6. The van der Waals surface area contributed by atoms with Gasteiger partial charge in [-0.15, -0.1) is 0 Å². The number of hydrogen-bond acceptors (Lipinski definition) is 3. The highest BCUT2D eigenvalue weighted by atomic mass is 79.9.